The van der Waals surface area contributed by atoms with Crippen molar-refractivity contribution in [2.75, 3.05) is 22.5 Å². The molecule has 0 bridgehead atoms. The van der Waals surface area contributed by atoms with Gasteiger partial charge in [0, 0.05) is 22.8 Å². The molecule has 49 heavy (non-hydrogen) atoms. The van der Waals surface area contributed by atoms with Crippen molar-refractivity contribution < 1.29 is 47.3 Å². The van der Waals surface area contributed by atoms with Crippen molar-refractivity contribution in [3.05, 3.63) is 72.0 Å². The lowest BCUT2D eigenvalue weighted by atomic mass is 10.1. The second kappa shape index (κ2) is 15.9. The highest BCUT2D eigenvalue weighted by molar-refractivity contribution is 7.95. The third-order valence-corrected chi connectivity index (χ3v) is 8.71. The van der Waals surface area contributed by atoms with Crippen LogP contribution in [0.25, 0.3) is 10.8 Å². The Hall–Kier alpha value is -4.39. The number of aromatic hydroxyl groups is 1. The summed E-state index contributed by atoms with van der Waals surface area (Å²) < 4.78 is 44.0. The molecule has 4 aromatic carbocycles. The average molecular weight is 751 g/mol. The highest BCUT2D eigenvalue weighted by Crippen LogP contribution is 2.46. The number of nitrogens with one attached hydrogen (secondary N) is 1. The van der Waals surface area contributed by atoms with E-state index in [1.807, 2.05) is 37.3 Å². The SMILES string of the molecule is CCN(c1ccccc1)c1nc(Cl)nc(Nc2ccc(N=Nc3c(N)c(SOOO)cc4cc(SOOO)cc(O)c34)c(S(=O)(=O)O)c2)n1. The molecule has 0 saturated carbocycles. The summed E-state index contributed by atoms with van der Waals surface area (Å²) in [5, 5.41) is 46.4. The van der Waals surface area contributed by atoms with Gasteiger partial charge in [-0.15, -0.1) is 18.9 Å². The second-order valence-corrected chi connectivity index (χ2v) is 12.7. The number of rotatable bonds is 14. The molecule has 22 heteroatoms. The lowest BCUT2D eigenvalue weighted by molar-refractivity contribution is -0.432. The summed E-state index contributed by atoms with van der Waals surface area (Å²) in [6.07, 6.45) is 0. The van der Waals surface area contributed by atoms with Gasteiger partial charge < -0.3 is 21.1 Å². The first kappa shape index (κ1) is 35.9. The van der Waals surface area contributed by atoms with Crippen LogP contribution in [-0.2, 0) is 28.9 Å². The average Bonchev–Trinajstić information content (AvgIpc) is 3.06. The number of para-hydroxylation sites is 1. The van der Waals surface area contributed by atoms with Crippen molar-refractivity contribution in [1.82, 2.24) is 15.0 Å². The minimum absolute atomic E-state index is 0.0216. The van der Waals surface area contributed by atoms with Crippen molar-refractivity contribution in [3.63, 3.8) is 0 Å². The lowest BCUT2D eigenvalue weighted by Crippen LogP contribution is -2.19. The van der Waals surface area contributed by atoms with E-state index in [1.54, 1.807) is 4.90 Å². The Balaban J connectivity index is 1.53. The number of hydrogen-bond donors (Lipinski definition) is 6. The summed E-state index contributed by atoms with van der Waals surface area (Å²) in [5.41, 5.74) is 6.62. The summed E-state index contributed by atoms with van der Waals surface area (Å²) in [7, 11) is -4.90. The second-order valence-electron chi connectivity index (χ2n) is 9.42. The van der Waals surface area contributed by atoms with Crippen molar-refractivity contribution >= 4 is 96.9 Å². The number of nitrogen functional groups attached to an aromatic ring is 1. The van der Waals surface area contributed by atoms with Crippen molar-refractivity contribution in [3.8, 4) is 5.75 Å². The minimum atomic E-state index is -4.90. The first-order valence-electron chi connectivity index (χ1n) is 13.5. The maximum absolute atomic E-state index is 12.5. The number of nitrogens with zero attached hydrogens (tertiary/aromatic N) is 6. The van der Waals surface area contributed by atoms with Crippen LogP contribution in [0.1, 0.15) is 6.92 Å². The highest BCUT2D eigenvalue weighted by Gasteiger charge is 2.21. The van der Waals surface area contributed by atoms with Crippen LogP contribution in [0.15, 0.2) is 91.6 Å². The zero-order valence-corrected chi connectivity index (χ0v) is 27.9. The van der Waals surface area contributed by atoms with Gasteiger partial charge in [-0.2, -0.15) is 23.4 Å². The molecule has 5 aromatic rings. The highest BCUT2D eigenvalue weighted by atomic mass is 35.5. The van der Waals surface area contributed by atoms with Crippen LogP contribution in [-0.4, -0.2) is 50.1 Å². The lowest BCUT2D eigenvalue weighted by Gasteiger charge is -2.21. The first-order valence-corrected chi connectivity index (χ1v) is 16.8. The Morgan fingerprint density at radius 2 is 1.71 bits per heavy atom. The maximum atomic E-state index is 12.5. The maximum Gasteiger partial charge on any atom is 0.296 e. The van der Waals surface area contributed by atoms with Gasteiger partial charge in [-0.3, -0.25) is 4.55 Å². The van der Waals surface area contributed by atoms with Crippen LogP contribution in [0.2, 0.25) is 5.28 Å². The molecule has 0 amide bonds. The fraction of sp³-hybridized carbons (Fsp3) is 0.0741. The molecule has 256 valence electrons. The van der Waals surface area contributed by atoms with E-state index in [1.165, 1.54) is 30.3 Å². The number of fused-ring (bicyclic) bond motifs is 1. The topological polar surface area (TPSA) is 257 Å². The molecule has 0 aliphatic carbocycles. The van der Waals surface area contributed by atoms with Gasteiger partial charge in [-0.05, 0) is 72.4 Å². The quantitative estimate of drug-likeness (QED) is 0.0161. The van der Waals surface area contributed by atoms with Gasteiger partial charge in [0.2, 0.25) is 17.2 Å². The van der Waals surface area contributed by atoms with Gasteiger partial charge in [0.15, 0.2) is 0 Å². The zero-order chi connectivity index (χ0) is 35.1. The zero-order valence-electron chi connectivity index (χ0n) is 24.7. The van der Waals surface area contributed by atoms with E-state index in [0.717, 1.165) is 11.8 Å². The molecule has 0 saturated heterocycles. The van der Waals surface area contributed by atoms with Crippen LogP contribution >= 0.6 is 35.7 Å². The number of anilines is 5. The molecule has 1 heterocycles. The van der Waals surface area contributed by atoms with Crippen LogP contribution < -0.4 is 16.0 Å². The molecule has 0 spiro atoms. The smallest absolute Gasteiger partial charge is 0.296 e. The fourth-order valence-corrected chi connectivity index (χ4v) is 6.18. The van der Waals surface area contributed by atoms with Crippen molar-refractivity contribution in [2.24, 2.45) is 10.2 Å². The van der Waals surface area contributed by atoms with Crippen LogP contribution in [0.3, 0.4) is 0 Å². The molecule has 5 rings (SSSR count). The van der Waals surface area contributed by atoms with Crippen LogP contribution in [0, 0.1) is 0 Å². The molecule has 0 radical (unpaired) electrons. The number of hydrogen-bond acceptors (Lipinski definition) is 19. The summed E-state index contributed by atoms with van der Waals surface area (Å²) in [6.45, 7) is 2.39. The largest absolute Gasteiger partial charge is 0.507 e. The molecule has 0 aliphatic heterocycles. The molecule has 0 fully saturated rings. The normalized spacial score (nSPS) is 11.8. The standard InChI is InChI=1S/C27H23ClN8O10S3/c1-2-36(16-6-4-3-5-7-16)27-32-25(28)31-26(33-27)30-15-8-9-18(21(12-15)49(40,41)42)34-35-24-22-14(11-20(23(24)29)48-46-44-39)10-17(13-19(22)37)47-45-43-38/h3-13,37-39H,2,29H2,1H3,(H,40,41,42)(H,30,31,32,33). The number of halogens is 1. The fourth-order valence-electron chi connectivity index (χ4n) is 4.47. The first-order chi connectivity index (χ1) is 23.5. The number of phenolic OH excluding ortho intramolecular Hbond substituents is 1. The third-order valence-electron chi connectivity index (χ3n) is 6.45. The van der Waals surface area contributed by atoms with E-state index < -0.39 is 15.0 Å². The predicted molar refractivity (Wildman–Crippen MR) is 179 cm³/mol. The van der Waals surface area contributed by atoms with Gasteiger partial charge >= 0.3 is 0 Å². The summed E-state index contributed by atoms with van der Waals surface area (Å²) in [5.74, 6) is -0.162. The van der Waals surface area contributed by atoms with Gasteiger partial charge in [-0.1, -0.05) is 28.3 Å². The molecule has 0 atom stereocenters. The van der Waals surface area contributed by atoms with Crippen molar-refractivity contribution in [2.45, 2.75) is 21.6 Å². The van der Waals surface area contributed by atoms with E-state index in [-0.39, 0.29) is 66.2 Å². The van der Waals surface area contributed by atoms with E-state index >= 15 is 0 Å². The Morgan fingerprint density at radius 3 is 2.41 bits per heavy atom. The number of nitrogens with two attached hydrogens (primary N) is 1. The van der Waals surface area contributed by atoms with Gasteiger partial charge in [0.25, 0.3) is 10.1 Å². The molecule has 7 N–H and O–H groups in total. The molecule has 0 unspecified atom stereocenters. The molecule has 18 nitrogen and oxygen atoms in total. The number of benzene rings is 4. The van der Waals surface area contributed by atoms with Crippen LogP contribution in [0.4, 0.5) is 40.3 Å². The predicted octanol–water partition coefficient (Wildman–Crippen LogP) is 7.39. The summed E-state index contributed by atoms with van der Waals surface area (Å²) >= 11 is 7.24. The minimum Gasteiger partial charge on any atom is -0.507 e. The van der Waals surface area contributed by atoms with E-state index in [9.17, 15) is 18.1 Å². The monoisotopic (exact) mass is 750 g/mol. The van der Waals surface area contributed by atoms with Crippen molar-refractivity contribution in [1.29, 1.82) is 0 Å². The van der Waals surface area contributed by atoms with Gasteiger partial charge in [0.1, 0.15) is 22.0 Å². The Bertz CT molecular complexity index is 2120. The number of phenols is 1. The van der Waals surface area contributed by atoms with Gasteiger partial charge in [-0.25, -0.2) is 10.5 Å². The number of azo groups is 1. The van der Waals surface area contributed by atoms with E-state index in [4.69, 9.17) is 27.8 Å². The van der Waals surface area contributed by atoms with Crippen LogP contribution in [0.5, 0.6) is 5.75 Å². The number of aromatic nitrogens is 3. The van der Waals surface area contributed by atoms with Gasteiger partial charge in [0.05, 0.1) is 40.1 Å². The molecule has 0 aliphatic rings. The third kappa shape index (κ3) is 8.62. The van der Waals surface area contributed by atoms with E-state index in [0.29, 0.717) is 30.6 Å². The Morgan fingerprint density at radius 1 is 0.980 bits per heavy atom. The van der Waals surface area contributed by atoms with E-state index in [2.05, 4.69) is 49.2 Å². The Labute approximate surface area is 290 Å². The molecule has 1 aromatic heterocycles. The molecular formula is C27H23ClN8O10S3. The Kier molecular flexibility index (Phi) is 11.6. The molecular weight excluding hydrogens is 728 g/mol. The summed E-state index contributed by atoms with van der Waals surface area (Å²) in [6, 6.07) is 17.2. The summed E-state index contributed by atoms with van der Waals surface area (Å²) in [4.78, 5) is 14.2.